The van der Waals surface area contributed by atoms with Crippen LogP contribution in [0.3, 0.4) is 0 Å². The van der Waals surface area contributed by atoms with E-state index in [4.69, 9.17) is 15.2 Å². The molecule has 1 heterocycles. The Morgan fingerprint density at radius 2 is 2.20 bits per heavy atom. The van der Waals surface area contributed by atoms with Crippen molar-refractivity contribution >= 4 is 6.02 Å². The minimum Gasteiger partial charge on any atom is -0.490 e. The van der Waals surface area contributed by atoms with E-state index in [2.05, 4.69) is 4.99 Å². The Balaban J connectivity index is 1.81. The highest BCUT2D eigenvalue weighted by molar-refractivity contribution is 5.72. The summed E-state index contributed by atoms with van der Waals surface area (Å²) in [6, 6.07) is 6.01. The van der Waals surface area contributed by atoms with E-state index in [0.717, 1.165) is 0 Å². The lowest BCUT2D eigenvalue weighted by molar-refractivity contribution is 0.141. The summed E-state index contributed by atoms with van der Waals surface area (Å²) in [6.45, 7) is 0.864. The molecule has 0 saturated carbocycles. The summed E-state index contributed by atoms with van der Waals surface area (Å²) in [5, 5.41) is 0. The number of hydrogen-bond donors (Lipinski definition) is 1. The second kappa shape index (κ2) is 4.16. The van der Waals surface area contributed by atoms with E-state index in [-0.39, 0.29) is 17.9 Å². The molecule has 1 aromatic carbocycles. The maximum Gasteiger partial charge on any atom is 0.282 e. The van der Waals surface area contributed by atoms with Gasteiger partial charge in [0.1, 0.15) is 18.2 Å². The Labute approximate surface area is 86.5 Å². The molecule has 1 aromatic rings. The fourth-order valence-corrected chi connectivity index (χ4v) is 1.24. The molecule has 80 valence electrons. The third-order valence-corrected chi connectivity index (χ3v) is 1.99. The van der Waals surface area contributed by atoms with Crippen LogP contribution in [-0.4, -0.2) is 25.3 Å². The molecule has 0 aliphatic carbocycles. The van der Waals surface area contributed by atoms with Crippen molar-refractivity contribution in [1.82, 2.24) is 0 Å². The quantitative estimate of drug-likeness (QED) is 0.807. The maximum atomic E-state index is 12.6. The average Bonchev–Trinajstić information content (AvgIpc) is 2.64. The van der Waals surface area contributed by atoms with Crippen LogP contribution < -0.4 is 10.5 Å². The summed E-state index contributed by atoms with van der Waals surface area (Å²) in [5.74, 6) is 0.317. The van der Waals surface area contributed by atoms with E-state index in [0.29, 0.717) is 18.9 Å². The average molecular weight is 210 g/mol. The van der Waals surface area contributed by atoms with E-state index in [9.17, 15) is 4.39 Å². The van der Waals surface area contributed by atoms with Crippen molar-refractivity contribution in [1.29, 1.82) is 0 Å². The van der Waals surface area contributed by atoms with Gasteiger partial charge in [0.05, 0.1) is 6.54 Å². The van der Waals surface area contributed by atoms with Gasteiger partial charge in [0, 0.05) is 0 Å². The predicted molar refractivity (Wildman–Crippen MR) is 53.3 cm³/mol. The molecule has 0 saturated heterocycles. The van der Waals surface area contributed by atoms with E-state index in [1.165, 1.54) is 12.1 Å². The minimum atomic E-state index is -0.285. The SMILES string of the molecule is NC1=NCC(COc2ccc(F)cc2)O1. The highest BCUT2D eigenvalue weighted by Gasteiger charge is 2.17. The number of nitrogens with zero attached hydrogens (tertiary/aromatic N) is 1. The van der Waals surface area contributed by atoms with Gasteiger partial charge >= 0.3 is 0 Å². The molecule has 0 radical (unpaired) electrons. The molecule has 1 aliphatic rings. The number of aliphatic imine (C=N–C) groups is 1. The molecular weight excluding hydrogens is 199 g/mol. The van der Waals surface area contributed by atoms with Crippen molar-refractivity contribution in [2.45, 2.75) is 6.10 Å². The van der Waals surface area contributed by atoms with Crippen LogP contribution in [0.5, 0.6) is 5.75 Å². The molecule has 1 aliphatic heterocycles. The van der Waals surface area contributed by atoms with Gasteiger partial charge in [-0.1, -0.05) is 0 Å². The molecule has 1 atom stereocenters. The topological polar surface area (TPSA) is 56.8 Å². The van der Waals surface area contributed by atoms with E-state index >= 15 is 0 Å². The molecule has 4 nitrogen and oxygen atoms in total. The maximum absolute atomic E-state index is 12.6. The van der Waals surface area contributed by atoms with Crippen molar-refractivity contribution in [3.8, 4) is 5.75 Å². The van der Waals surface area contributed by atoms with Crippen LogP contribution in [-0.2, 0) is 4.74 Å². The van der Waals surface area contributed by atoms with Gasteiger partial charge in [-0.3, -0.25) is 0 Å². The van der Waals surface area contributed by atoms with E-state index in [1.807, 2.05) is 0 Å². The van der Waals surface area contributed by atoms with Gasteiger partial charge in [0.15, 0.2) is 6.10 Å². The Kier molecular flexibility index (Phi) is 2.71. The smallest absolute Gasteiger partial charge is 0.282 e. The molecular formula is C10H11FN2O2. The highest BCUT2D eigenvalue weighted by atomic mass is 19.1. The molecule has 2 N–H and O–H groups in total. The molecule has 5 heteroatoms. The number of nitrogens with two attached hydrogens (primary N) is 1. The lowest BCUT2D eigenvalue weighted by atomic mass is 10.3. The summed E-state index contributed by atoms with van der Waals surface area (Å²) in [5.41, 5.74) is 5.34. The van der Waals surface area contributed by atoms with Crippen molar-refractivity contribution in [3.63, 3.8) is 0 Å². The van der Waals surface area contributed by atoms with Gasteiger partial charge in [-0.25, -0.2) is 9.38 Å². The molecule has 0 spiro atoms. The van der Waals surface area contributed by atoms with Crippen LogP contribution in [0.15, 0.2) is 29.3 Å². The minimum absolute atomic E-state index is 0.143. The van der Waals surface area contributed by atoms with Gasteiger partial charge in [-0.2, -0.15) is 0 Å². The first-order valence-corrected chi connectivity index (χ1v) is 4.59. The lowest BCUT2D eigenvalue weighted by Gasteiger charge is -2.11. The van der Waals surface area contributed by atoms with Crippen molar-refractivity contribution in [2.75, 3.05) is 13.2 Å². The Bertz CT molecular complexity index is 364. The Morgan fingerprint density at radius 1 is 1.47 bits per heavy atom. The van der Waals surface area contributed by atoms with Crippen LogP contribution in [0.2, 0.25) is 0 Å². The van der Waals surface area contributed by atoms with Crippen LogP contribution in [0, 0.1) is 5.82 Å². The number of benzene rings is 1. The Morgan fingerprint density at radius 3 is 2.80 bits per heavy atom. The first-order valence-electron chi connectivity index (χ1n) is 4.59. The number of rotatable bonds is 3. The zero-order valence-electron chi connectivity index (χ0n) is 8.02. The Hall–Kier alpha value is -1.78. The van der Waals surface area contributed by atoms with Gasteiger partial charge < -0.3 is 15.2 Å². The molecule has 0 bridgehead atoms. The second-order valence-electron chi connectivity index (χ2n) is 3.18. The van der Waals surface area contributed by atoms with Crippen LogP contribution in [0.4, 0.5) is 4.39 Å². The standard InChI is InChI=1S/C10H11FN2O2/c11-7-1-3-8(4-2-7)14-6-9-5-13-10(12)15-9/h1-4,9H,5-6H2,(H2,12,13). The van der Waals surface area contributed by atoms with Gasteiger partial charge in [0.25, 0.3) is 6.02 Å². The monoisotopic (exact) mass is 210 g/mol. The van der Waals surface area contributed by atoms with Gasteiger partial charge in [0.2, 0.25) is 0 Å². The number of hydrogen-bond acceptors (Lipinski definition) is 4. The molecule has 0 fully saturated rings. The summed E-state index contributed by atoms with van der Waals surface area (Å²) in [6.07, 6.45) is -0.143. The lowest BCUT2D eigenvalue weighted by Crippen LogP contribution is -2.24. The molecule has 0 amide bonds. The number of ether oxygens (including phenoxy) is 2. The normalized spacial score (nSPS) is 19.5. The van der Waals surface area contributed by atoms with Gasteiger partial charge in [-0.05, 0) is 24.3 Å². The third kappa shape index (κ3) is 2.59. The molecule has 15 heavy (non-hydrogen) atoms. The fraction of sp³-hybridized carbons (Fsp3) is 0.300. The zero-order valence-corrected chi connectivity index (χ0v) is 8.02. The molecule has 1 unspecified atom stereocenters. The van der Waals surface area contributed by atoms with E-state index < -0.39 is 0 Å². The molecule has 0 aromatic heterocycles. The highest BCUT2D eigenvalue weighted by Crippen LogP contribution is 2.12. The first-order chi connectivity index (χ1) is 7.24. The van der Waals surface area contributed by atoms with Crippen molar-refractivity contribution in [2.24, 2.45) is 10.7 Å². The van der Waals surface area contributed by atoms with Gasteiger partial charge in [-0.15, -0.1) is 0 Å². The van der Waals surface area contributed by atoms with E-state index in [1.54, 1.807) is 12.1 Å². The second-order valence-corrected chi connectivity index (χ2v) is 3.18. The summed E-state index contributed by atoms with van der Waals surface area (Å²) >= 11 is 0. The summed E-state index contributed by atoms with van der Waals surface area (Å²) < 4.78 is 23.1. The molecule has 2 rings (SSSR count). The van der Waals surface area contributed by atoms with Crippen LogP contribution in [0.1, 0.15) is 0 Å². The number of halogens is 1. The van der Waals surface area contributed by atoms with Crippen molar-refractivity contribution in [3.05, 3.63) is 30.1 Å². The predicted octanol–water partition coefficient (Wildman–Crippen LogP) is 0.918. The zero-order chi connectivity index (χ0) is 10.7. The largest absolute Gasteiger partial charge is 0.490 e. The third-order valence-electron chi connectivity index (χ3n) is 1.99. The van der Waals surface area contributed by atoms with Crippen LogP contribution >= 0.6 is 0 Å². The van der Waals surface area contributed by atoms with Crippen LogP contribution in [0.25, 0.3) is 0 Å². The number of amidine groups is 1. The summed E-state index contributed by atoms with van der Waals surface area (Å²) in [4.78, 5) is 3.88. The first kappa shape index (κ1) is 9.76. The fourth-order valence-electron chi connectivity index (χ4n) is 1.24. The summed E-state index contributed by atoms with van der Waals surface area (Å²) in [7, 11) is 0. The van der Waals surface area contributed by atoms with Crippen molar-refractivity contribution < 1.29 is 13.9 Å².